The molecule has 8 nitrogen and oxygen atoms in total. The van der Waals surface area contributed by atoms with Crippen molar-refractivity contribution in [2.45, 2.75) is 50.7 Å². The second-order valence-corrected chi connectivity index (χ2v) is 14.3. The summed E-state index contributed by atoms with van der Waals surface area (Å²) >= 11 is 0. The fourth-order valence-corrected chi connectivity index (χ4v) is 9.66. The van der Waals surface area contributed by atoms with Crippen LogP contribution in [0.3, 0.4) is 0 Å². The molecule has 0 radical (unpaired) electrons. The number of nitrogen functional groups attached to an aromatic ring is 1. The van der Waals surface area contributed by atoms with E-state index in [0.717, 1.165) is 0 Å². The van der Waals surface area contributed by atoms with Crippen LogP contribution in [0.15, 0.2) is 73.3 Å². The Labute approximate surface area is 205 Å². The molecule has 0 saturated carbocycles. The highest BCUT2D eigenvalue weighted by Crippen LogP contribution is 2.38. The van der Waals surface area contributed by atoms with Gasteiger partial charge in [0, 0.05) is 6.42 Å². The summed E-state index contributed by atoms with van der Waals surface area (Å²) in [7, 11) is -2.73. The summed E-state index contributed by atoms with van der Waals surface area (Å²) in [6.07, 6.45) is 1.86. The molecule has 4 aromatic rings. The van der Waals surface area contributed by atoms with Crippen LogP contribution < -0.4 is 16.1 Å². The van der Waals surface area contributed by atoms with E-state index in [1.807, 2.05) is 12.1 Å². The first-order valence-electron chi connectivity index (χ1n) is 11.8. The van der Waals surface area contributed by atoms with Gasteiger partial charge >= 0.3 is 0 Å². The topological polar surface area (TPSA) is 108 Å². The van der Waals surface area contributed by atoms with E-state index in [1.165, 1.54) is 16.7 Å². The number of nitrogens with zero attached hydrogens (tertiary/aromatic N) is 4. The maximum atomic E-state index is 10.9. The lowest BCUT2D eigenvalue weighted by Gasteiger charge is -2.43. The Kier molecular flexibility index (Phi) is 6.18. The van der Waals surface area contributed by atoms with Gasteiger partial charge in [-0.3, -0.25) is 4.57 Å². The van der Waals surface area contributed by atoms with E-state index >= 15 is 0 Å². The lowest BCUT2D eigenvalue weighted by Crippen LogP contribution is -2.67. The zero-order valence-corrected chi connectivity index (χ0v) is 21.2. The molecule has 0 bridgehead atoms. The van der Waals surface area contributed by atoms with Gasteiger partial charge in [0.1, 0.15) is 24.2 Å². The summed E-state index contributed by atoms with van der Waals surface area (Å²) in [5, 5.41) is 13.2. The molecule has 2 aromatic carbocycles. The maximum Gasteiger partial charge on any atom is 0.261 e. The van der Waals surface area contributed by atoms with Crippen molar-refractivity contribution in [3.63, 3.8) is 0 Å². The normalized spacial score (nSPS) is 21.0. The van der Waals surface area contributed by atoms with Crippen molar-refractivity contribution in [1.29, 1.82) is 0 Å². The van der Waals surface area contributed by atoms with Crippen LogP contribution in [0.5, 0.6) is 0 Å². The second kappa shape index (κ2) is 9.16. The summed E-state index contributed by atoms with van der Waals surface area (Å²) in [4.78, 5) is 12.7. The number of rotatable bonds is 6. The quantitative estimate of drug-likeness (QED) is 0.401. The minimum absolute atomic E-state index is 0.159. The second-order valence-electron chi connectivity index (χ2n) is 9.99. The van der Waals surface area contributed by atoms with Crippen molar-refractivity contribution >= 4 is 35.7 Å². The molecular formula is C26H31N5O3Si. The zero-order chi connectivity index (χ0) is 24.6. The van der Waals surface area contributed by atoms with Crippen LogP contribution in [-0.2, 0) is 9.16 Å². The highest BCUT2D eigenvalue weighted by atomic mass is 28.4. The number of nitrogens with two attached hydrogens (primary N) is 1. The molecular weight excluding hydrogens is 458 g/mol. The number of hydrogen-bond acceptors (Lipinski definition) is 7. The van der Waals surface area contributed by atoms with Crippen molar-refractivity contribution in [2.24, 2.45) is 0 Å². The van der Waals surface area contributed by atoms with E-state index in [2.05, 4.69) is 84.3 Å². The molecule has 3 N–H and O–H groups in total. The van der Waals surface area contributed by atoms with Crippen LogP contribution in [0.1, 0.15) is 33.4 Å². The van der Waals surface area contributed by atoms with Gasteiger partial charge in [-0.25, -0.2) is 15.0 Å². The van der Waals surface area contributed by atoms with Gasteiger partial charge in [0.25, 0.3) is 8.32 Å². The average molecular weight is 490 g/mol. The van der Waals surface area contributed by atoms with Crippen LogP contribution >= 0.6 is 0 Å². The Balaban J connectivity index is 1.45. The number of hydrogen-bond donors (Lipinski definition) is 2. The number of ether oxygens (including phenoxy) is 1. The number of aromatic nitrogens is 4. The summed E-state index contributed by atoms with van der Waals surface area (Å²) < 4.78 is 15.1. The van der Waals surface area contributed by atoms with E-state index in [0.29, 0.717) is 23.4 Å². The molecule has 0 amide bonds. The predicted octanol–water partition coefficient (Wildman–Crippen LogP) is 2.63. The molecule has 1 aliphatic rings. The molecule has 1 fully saturated rings. The van der Waals surface area contributed by atoms with Crippen LogP contribution in [-0.4, -0.2) is 51.8 Å². The molecule has 1 unspecified atom stereocenters. The van der Waals surface area contributed by atoms with Crippen LogP contribution in [0.25, 0.3) is 11.2 Å². The highest BCUT2D eigenvalue weighted by Gasteiger charge is 2.51. The predicted molar refractivity (Wildman–Crippen MR) is 138 cm³/mol. The molecule has 5 rings (SSSR count). The zero-order valence-electron chi connectivity index (χ0n) is 20.2. The van der Waals surface area contributed by atoms with Crippen molar-refractivity contribution in [1.82, 2.24) is 19.5 Å². The van der Waals surface area contributed by atoms with Crippen molar-refractivity contribution < 1.29 is 14.3 Å². The fourth-order valence-electron chi connectivity index (χ4n) is 5.09. The largest absolute Gasteiger partial charge is 0.405 e. The van der Waals surface area contributed by atoms with Crippen molar-refractivity contribution in [2.75, 3.05) is 12.3 Å². The molecule has 9 heteroatoms. The third kappa shape index (κ3) is 4.14. The lowest BCUT2D eigenvalue weighted by molar-refractivity contribution is -0.0398. The Morgan fingerprint density at radius 3 is 2.26 bits per heavy atom. The van der Waals surface area contributed by atoms with Gasteiger partial charge in [0.05, 0.1) is 19.0 Å². The van der Waals surface area contributed by atoms with Gasteiger partial charge in [-0.15, -0.1) is 0 Å². The molecule has 0 aliphatic carbocycles. The Hall–Kier alpha value is -3.11. The Bertz CT molecular complexity index is 1250. The molecule has 35 heavy (non-hydrogen) atoms. The van der Waals surface area contributed by atoms with Gasteiger partial charge < -0.3 is 20.0 Å². The van der Waals surface area contributed by atoms with Gasteiger partial charge in [-0.2, -0.15) is 0 Å². The molecule has 182 valence electrons. The molecule has 1 saturated heterocycles. The molecule has 2 aromatic heterocycles. The number of aliphatic hydroxyl groups is 1. The molecule has 3 atom stereocenters. The number of imidazole rings is 1. The number of fused-ring (bicyclic) bond motifs is 1. The van der Waals surface area contributed by atoms with Gasteiger partial charge in [-0.05, 0) is 15.4 Å². The smallest absolute Gasteiger partial charge is 0.261 e. The Morgan fingerprint density at radius 2 is 1.66 bits per heavy atom. The average Bonchev–Trinajstić information content (AvgIpc) is 3.44. The number of benzene rings is 2. The monoisotopic (exact) mass is 489 g/mol. The summed E-state index contributed by atoms with van der Waals surface area (Å²) in [6.45, 7) is 6.97. The van der Waals surface area contributed by atoms with Gasteiger partial charge in [-0.1, -0.05) is 81.4 Å². The minimum atomic E-state index is -2.73. The fraction of sp³-hybridized carbons (Fsp3) is 0.346. The van der Waals surface area contributed by atoms with E-state index in [9.17, 15) is 5.11 Å². The highest BCUT2D eigenvalue weighted by molar-refractivity contribution is 6.99. The standard InChI is InChI=1S/C26H31N5O3Si/c1-26(2,3)35(18-10-6-4-7-11-18,19-12-8-5-9-13-19)33-15-21-20(32)14-22(34-21)31-17-30-23-24(27)28-16-29-25(23)31/h4-13,16-17,20-22,32H,14-15H2,1-3H3,(H2,27,28,29)/t20?,21-,22-/m1/s1. The maximum absolute atomic E-state index is 10.9. The first-order chi connectivity index (χ1) is 16.8. The van der Waals surface area contributed by atoms with Crippen LogP contribution in [0.2, 0.25) is 5.04 Å². The Morgan fingerprint density at radius 1 is 1.03 bits per heavy atom. The van der Waals surface area contributed by atoms with Gasteiger partial charge in [0.2, 0.25) is 0 Å². The summed E-state index contributed by atoms with van der Waals surface area (Å²) in [5.74, 6) is 0.318. The molecule has 1 aliphatic heterocycles. The van der Waals surface area contributed by atoms with E-state index in [4.69, 9.17) is 14.9 Å². The number of anilines is 1. The van der Waals surface area contributed by atoms with Crippen molar-refractivity contribution in [3.05, 3.63) is 73.3 Å². The molecule has 3 heterocycles. The van der Waals surface area contributed by atoms with Crippen LogP contribution in [0, 0.1) is 0 Å². The minimum Gasteiger partial charge on any atom is -0.405 e. The van der Waals surface area contributed by atoms with Crippen molar-refractivity contribution in [3.8, 4) is 0 Å². The third-order valence-corrected chi connectivity index (χ3v) is 11.8. The SMILES string of the molecule is CC(C)(C)[Si](OC[C@H]1O[C@@H](n2cnc3c(N)ncnc32)CC1O)(c1ccccc1)c1ccccc1. The van der Waals surface area contributed by atoms with Crippen LogP contribution in [0.4, 0.5) is 5.82 Å². The number of aliphatic hydroxyl groups excluding tert-OH is 1. The summed E-state index contributed by atoms with van der Waals surface area (Å²) in [6, 6.07) is 20.9. The van der Waals surface area contributed by atoms with E-state index in [1.54, 1.807) is 10.9 Å². The lowest BCUT2D eigenvalue weighted by atomic mass is 10.2. The summed E-state index contributed by atoms with van der Waals surface area (Å²) in [5.41, 5.74) is 7.05. The molecule has 0 spiro atoms. The van der Waals surface area contributed by atoms with E-state index < -0.39 is 26.8 Å². The third-order valence-electron chi connectivity index (χ3n) is 6.78. The first-order valence-corrected chi connectivity index (χ1v) is 13.7. The van der Waals surface area contributed by atoms with Gasteiger partial charge in [0.15, 0.2) is 11.5 Å². The first kappa shape index (κ1) is 23.6. The van der Waals surface area contributed by atoms with E-state index in [-0.39, 0.29) is 11.6 Å².